The fourth-order valence-corrected chi connectivity index (χ4v) is 5.70. The molecule has 162 valence electrons. The van der Waals surface area contributed by atoms with Crippen molar-refractivity contribution in [2.24, 2.45) is 11.7 Å². The lowest BCUT2D eigenvalue weighted by Gasteiger charge is -2.26. The maximum absolute atomic E-state index is 6.55. The average molecular weight is 406 g/mol. The second kappa shape index (κ2) is 9.56. The molecule has 0 aliphatic heterocycles. The summed E-state index contributed by atoms with van der Waals surface area (Å²) in [5, 5.41) is 0. The Morgan fingerprint density at radius 3 is 2.77 bits per heavy atom. The Hall–Kier alpha value is -1.80. The van der Waals surface area contributed by atoms with Crippen LogP contribution < -0.4 is 10.5 Å². The molecule has 30 heavy (non-hydrogen) atoms. The fourth-order valence-electron chi connectivity index (χ4n) is 5.70. The summed E-state index contributed by atoms with van der Waals surface area (Å²) >= 11 is 0. The number of rotatable bonds is 8. The lowest BCUT2D eigenvalue weighted by molar-refractivity contribution is 0.407. The molecule has 2 heteroatoms. The monoisotopic (exact) mass is 405 g/mol. The van der Waals surface area contributed by atoms with Crippen molar-refractivity contribution in [3.8, 4) is 5.75 Å². The van der Waals surface area contributed by atoms with Crippen LogP contribution in [0.4, 0.5) is 0 Å². The maximum Gasteiger partial charge on any atom is 0.119 e. The second-order valence-corrected chi connectivity index (χ2v) is 9.89. The summed E-state index contributed by atoms with van der Waals surface area (Å²) in [4.78, 5) is 0. The van der Waals surface area contributed by atoms with E-state index in [9.17, 15) is 0 Å². The minimum atomic E-state index is 0.0799. The quantitative estimate of drug-likeness (QED) is 0.503. The minimum Gasteiger partial charge on any atom is -0.497 e. The first-order valence-corrected chi connectivity index (χ1v) is 12.1. The van der Waals surface area contributed by atoms with E-state index in [1.165, 1.54) is 56.9 Å². The van der Waals surface area contributed by atoms with Crippen molar-refractivity contribution in [1.29, 1.82) is 0 Å². The molecule has 3 atom stereocenters. The van der Waals surface area contributed by atoms with E-state index in [4.69, 9.17) is 10.5 Å². The number of methoxy groups -OCH3 is 1. The lowest BCUT2D eigenvalue weighted by Crippen LogP contribution is -2.35. The van der Waals surface area contributed by atoms with Crippen molar-refractivity contribution < 1.29 is 4.74 Å². The summed E-state index contributed by atoms with van der Waals surface area (Å²) in [5.41, 5.74) is 12.8. The van der Waals surface area contributed by atoms with E-state index in [-0.39, 0.29) is 5.54 Å². The first-order chi connectivity index (χ1) is 14.6. The van der Waals surface area contributed by atoms with Gasteiger partial charge in [0.2, 0.25) is 0 Å². The van der Waals surface area contributed by atoms with Crippen LogP contribution in [-0.4, -0.2) is 12.6 Å². The third-order valence-corrected chi connectivity index (χ3v) is 7.84. The molecule has 0 unspecified atom stereocenters. The molecule has 2 aromatic carbocycles. The highest BCUT2D eigenvalue weighted by Crippen LogP contribution is 2.42. The molecule has 0 bridgehead atoms. The smallest absolute Gasteiger partial charge is 0.119 e. The van der Waals surface area contributed by atoms with E-state index in [1.54, 1.807) is 23.8 Å². The van der Waals surface area contributed by atoms with Crippen LogP contribution in [0.3, 0.4) is 0 Å². The van der Waals surface area contributed by atoms with Gasteiger partial charge in [-0.3, -0.25) is 0 Å². The van der Waals surface area contributed by atoms with E-state index in [0.717, 1.165) is 30.9 Å². The Kier molecular flexibility index (Phi) is 6.83. The number of unbranched alkanes of at least 4 members (excludes halogenated alkanes) is 1. The molecular weight excluding hydrogens is 366 g/mol. The number of aryl methyl sites for hydroxylation is 2. The van der Waals surface area contributed by atoms with Gasteiger partial charge in [-0.25, -0.2) is 0 Å². The predicted molar refractivity (Wildman–Crippen MR) is 126 cm³/mol. The largest absolute Gasteiger partial charge is 0.497 e. The van der Waals surface area contributed by atoms with Crippen LogP contribution >= 0.6 is 0 Å². The highest BCUT2D eigenvalue weighted by molar-refractivity contribution is 5.36. The Bertz CT molecular complexity index is 844. The molecular formula is C28H39NO. The molecule has 2 aliphatic rings. The molecule has 2 nitrogen and oxygen atoms in total. The van der Waals surface area contributed by atoms with Crippen LogP contribution in [-0.2, 0) is 19.3 Å². The van der Waals surface area contributed by atoms with Crippen LogP contribution in [0.2, 0.25) is 0 Å². The summed E-state index contributed by atoms with van der Waals surface area (Å²) < 4.78 is 5.34. The molecule has 1 fully saturated rings. The SMILES string of the molecule is CC[C@@]1(N)CC[C@H](c2ccc3c(c2)CC[C@@H](CCCCc2cccc(OC)c2)C3)C1. The van der Waals surface area contributed by atoms with Crippen molar-refractivity contribution >= 4 is 0 Å². The van der Waals surface area contributed by atoms with E-state index < -0.39 is 0 Å². The van der Waals surface area contributed by atoms with E-state index in [2.05, 4.69) is 43.3 Å². The van der Waals surface area contributed by atoms with Gasteiger partial charge >= 0.3 is 0 Å². The Labute approximate surface area is 183 Å². The van der Waals surface area contributed by atoms with Crippen LogP contribution in [0.5, 0.6) is 5.75 Å². The predicted octanol–water partition coefficient (Wildman–Crippen LogP) is 6.59. The first-order valence-electron chi connectivity index (χ1n) is 12.1. The minimum absolute atomic E-state index is 0.0799. The van der Waals surface area contributed by atoms with Gasteiger partial charge in [-0.1, -0.05) is 50.1 Å². The zero-order chi connectivity index (χ0) is 21.0. The maximum atomic E-state index is 6.55. The number of ether oxygens (including phenoxy) is 1. The topological polar surface area (TPSA) is 35.2 Å². The van der Waals surface area contributed by atoms with Crippen molar-refractivity contribution in [2.45, 2.75) is 89.0 Å². The Morgan fingerprint density at radius 2 is 1.97 bits per heavy atom. The summed E-state index contributed by atoms with van der Waals surface area (Å²) in [6.07, 6.45) is 13.7. The normalized spacial score (nSPS) is 25.8. The van der Waals surface area contributed by atoms with Crippen LogP contribution in [0.25, 0.3) is 0 Å². The standard InChI is InChI=1S/C28H39NO/c1-3-28(29)16-15-26(20-28)25-14-13-23-17-22(11-12-24(23)19-25)8-5-4-7-21-9-6-10-27(18-21)30-2/h6,9-10,13-14,18-19,22,26H,3-5,7-8,11-12,15-17,20,29H2,1-2H3/t22-,26+,28-/m1/s1. The summed E-state index contributed by atoms with van der Waals surface area (Å²) in [6, 6.07) is 15.9. The highest BCUT2D eigenvalue weighted by Gasteiger charge is 2.35. The van der Waals surface area contributed by atoms with Crippen molar-refractivity contribution in [1.82, 2.24) is 0 Å². The Balaban J connectivity index is 1.26. The van der Waals surface area contributed by atoms with Crippen molar-refractivity contribution in [3.05, 3.63) is 64.7 Å². The molecule has 0 radical (unpaired) electrons. The summed E-state index contributed by atoms with van der Waals surface area (Å²) in [5.74, 6) is 2.51. The fraction of sp³-hybridized carbons (Fsp3) is 0.571. The third kappa shape index (κ3) is 5.09. The van der Waals surface area contributed by atoms with Gasteiger partial charge < -0.3 is 10.5 Å². The van der Waals surface area contributed by atoms with Gasteiger partial charge in [0.05, 0.1) is 7.11 Å². The van der Waals surface area contributed by atoms with Gasteiger partial charge in [-0.2, -0.15) is 0 Å². The molecule has 2 aromatic rings. The van der Waals surface area contributed by atoms with Gasteiger partial charge in [0, 0.05) is 5.54 Å². The number of nitrogens with two attached hydrogens (primary N) is 1. The molecule has 4 rings (SSSR count). The van der Waals surface area contributed by atoms with Gasteiger partial charge in [0.1, 0.15) is 5.75 Å². The van der Waals surface area contributed by atoms with E-state index in [1.807, 2.05) is 6.07 Å². The van der Waals surface area contributed by atoms with Gasteiger partial charge in [-0.15, -0.1) is 0 Å². The van der Waals surface area contributed by atoms with Crippen molar-refractivity contribution in [2.75, 3.05) is 7.11 Å². The molecule has 0 aromatic heterocycles. The third-order valence-electron chi connectivity index (χ3n) is 7.84. The second-order valence-electron chi connectivity index (χ2n) is 9.89. The Morgan fingerprint density at radius 1 is 1.07 bits per heavy atom. The molecule has 1 saturated carbocycles. The zero-order valence-corrected chi connectivity index (χ0v) is 19.0. The molecule has 0 heterocycles. The van der Waals surface area contributed by atoms with Gasteiger partial charge in [0.25, 0.3) is 0 Å². The average Bonchev–Trinajstić information content (AvgIpc) is 3.19. The number of hydrogen-bond acceptors (Lipinski definition) is 2. The molecule has 0 spiro atoms. The number of hydrogen-bond donors (Lipinski definition) is 1. The van der Waals surface area contributed by atoms with E-state index in [0.29, 0.717) is 5.92 Å². The number of fused-ring (bicyclic) bond motifs is 1. The van der Waals surface area contributed by atoms with Crippen LogP contribution in [0.1, 0.15) is 86.5 Å². The van der Waals surface area contributed by atoms with Crippen molar-refractivity contribution in [3.63, 3.8) is 0 Å². The highest BCUT2D eigenvalue weighted by atomic mass is 16.5. The van der Waals surface area contributed by atoms with Crippen LogP contribution in [0, 0.1) is 5.92 Å². The zero-order valence-electron chi connectivity index (χ0n) is 19.0. The number of benzene rings is 2. The van der Waals surface area contributed by atoms with Gasteiger partial charge in [0.15, 0.2) is 0 Å². The summed E-state index contributed by atoms with van der Waals surface area (Å²) in [6.45, 7) is 2.24. The van der Waals surface area contributed by atoms with E-state index >= 15 is 0 Å². The van der Waals surface area contributed by atoms with Crippen LogP contribution in [0.15, 0.2) is 42.5 Å². The summed E-state index contributed by atoms with van der Waals surface area (Å²) in [7, 11) is 1.74. The lowest BCUT2D eigenvalue weighted by atomic mass is 9.79. The van der Waals surface area contributed by atoms with Gasteiger partial charge in [-0.05, 0) is 104 Å². The molecule has 0 amide bonds. The molecule has 0 saturated heterocycles. The molecule has 2 aliphatic carbocycles. The molecule has 2 N–H and O–H groups in total. The first kappa shape index (κ1) is 21.4.